The first kappa shape index (κ1) is 20.2. The van der Waals surface area contributed by atoms with Crippen molar-refractivity contribution in [3.63, 3.8) is 0 Å². The highest BCUT2D eigenvalue weighted by Gasteiger charge is 2.36. The van der Waals surface area contributed by atoms with Crippen molar-refractivity contribution >= 4 is 5.69 Å². The molecule has 0 aliphatic rings. The van der Waals surface area contributed by atoms with E-state index in [0.717, 1.165) is 10.6 Å². The Morgan fingerprint density at radius 2 is 1.62 bits per heavy atom. The summed E-state index contributed by atoms with van der Waals surface area (Å²) in [4.78, 5) is 15.4. The molecule has 0 bridgehead atoms. The largest absolute Gasteiger partial charge is 0.407 e. The molecule has 9 heteroatoms. The SMILES string of the molecule is [C-]#[N+]c1c(C(F)(F)F)cc(-c2ccccc2)n(Cc2ccc(F)c(F)c2F)c1=O. The third-order valence-corrected chi connectivity index (χ3v) is 4.21. The second-order valence-electron chi connectivity index (χ2n) is 5.99. The molecule has 0 aliphatic carbocycles. The van der Waals surface area contributed by atoms with Crippen molar-refractivity contribution < 1.29 is 26.3 Å². The maximum Gasteiger partial charge on any atom is 0.407 e. The summed E-state index contributed by atoms with van der Waals surface area (Å²) < 4.78 is 81.7. The van der Waals surface area contributed by atoms with Crippen LogP contribution >= 0.6 is 0 Å². The first-order valence-electron chi connectivity index (χ1n) is 8.05. The summed E-state index contributed by atoms with van der Waals surface area (Å²) in [6.45, 7) is 6.29. The Balaban J connectivity index is 2.32. The minimum Gasteiger partial charge on any atom is -0.313 e. The highest BCUT2D eigenvalue weighted by Crippen LogP contribution is 2.37. The lowest BCUT2D eigenvalue weighted by Gasteiger charge is -2.18. The molecule has 0 saturated carbocycles. The quantitative estimate of drug-likeness (QED) is 0.317. The number of benzene rings is 2. The smallest absolute Gasteiger partial charge is 0.313 e. The van der Waals surface area contributed by atoms with E-state index in [4.69, 9.17) is 6.57 Å². The number of halogens is 6. The molecule has 148 valence electrons. The molecule has 2 aromatic carbocycles. The van der Waals surface area contributed by atoms with Gasteiger partial charge < -0.3 is 4.57 Å². The van der Waals surface area contributed by atoms with Gasteiger partial charge in [0.05, 0.1) is 18.7 Å². The van der Waals surface area contributed by atoms with Gasteiger partial charge in [-0.2, -0.15) is 13.2 Å². The van der Waals surface area contributed by atoms with Gasteiger partial charge in [-0.3, -0.25) is 4.79 Å². The van der Waals surface area contributed by atoms with Crippen LogP contribution in [0.15, 0.2) is 53.3 Å². The lowest BCUT2D eigenvalue weighted by Crippen LogP contribution is -2.25. The predicted molar refractivity (Wildman–Crippen MR) is 92.8 cm³/mol. The number of alkyl halides is 3. The van der Waals surface area contributed by atoms with Gasteiger partial charge in [-0.15, -0.1) is 0 Å². The first-order chi connectivity index (χ1) is 13.6. The highest BCUT2D eigenvalue weighted by atomic mass is 19.4. The van der Waals surface area contributed by atoms with Gasteiger partial charge in [-0.1, -0.05) is 36.4 Å². The predicted octanol–water partition coefficient (Wildman–Crippen LogP) is 5.55. The van der Waals surface area contributed by atoms with Crippen LogP contribution in [0.1, 0.15) is 11.1 Å². The summed E-state index contributed by atoms with van der Waals surface area (Å²) in [6, 6.07) is 9.59. The van der Waals surface area contributed by atoms with Gasteiger partial charge >= 0.3 is 6.18 Å². The van der Waals surface area contributed by atoms with E-state index >= 15 is 0 Å². The number of aromatic nitrogens is 1. The maximum absolute atomic E-state index is 14.1. The second kappa shape index (κ2) is 7.47. The molecule has 3 aromatic rings. The summed E-state index contributed by atoms with van der Waals surface area (Å²) in [5, 5.41) is 0. The van der Waals surface area contributed by atoms with Crippen molar-refractivity contribution in [2.24, 2.45) is 0 Å². The van der Waals surface area contributed by atoms with Gasteiger partial charge in [0.15, 0.2) is 17.5 Å². The van der Waals surface area contributed by atoms with E-state index in [1.165, 1.54) is 24.3 Å². The van der Waals surface area contributed by atoms with Crippen molar-refractivity contribution in [1.29, 1.82) is 0 Å². The van der Waals surface area contributed by atoms with Gasteiger partial charge in [0.1, 0.15) is 0 Å². The lowest BCUT2D eigenvalue weighted by atomic mass is 10.1. The van der Waals surface area contributed by atoms with Gasteiger partial charge in [-0.25, -0.2) is 18.0 Å². The van der Waals surface area contributed by atoms with E-state index in [1.54, 1.807) is 6.07 Å². The molecule has 3 nitrogen and oxygen atoms in total. The van der Waals surface area contributed by atoms with Gasteiger partial charge in [-0.05, 0) is 17.7 Å². The van der Waals surface area contributed by atoms with E-state index in [1.807, 2.05) is 0 Å². The van der Waals surface area contributed by atoms with Gasteiger partial charge in [0.25, 0.3) is 11.2 Å². The number of rotatable bonds is 3. The van der Waals surface area contributed by atoms with Crippen LogP contribution in [0.3, 0.4) is 0 Å². The van der Waals surface area contributed by atoms with Crippen molar-refractivity contribution in [1.82, 2.24) is 4.57 Å². The van der Waals surface area contributed by atoms with Gasteiger partial charge in [0, 0.05) is 11.3 Å². The molecule has 0 radical (unpaired) electrons. The molecule has 0 unspecified atom stereocenters. The minimum absolute atomic E-state index is 0.189. The van der Waals surface area contributed by atoms with E-state index in [0.29, 0.717) is 12.1 Å². The Morgan fingerprint density at radius 1 is 0.966 bits per heavy atom. The zero-order valence-electron chi connectivity index (χ0n) is 14.4. The molecule has 0 atom stereocenters. The summed E-state index contributed by atoms with van der Waals surface area (Å²) in [6.07, 6.45) is -4.98. The van der Waals surface area contributed by atoms with Crippen molar-refractivity contribution in [3.05, 3.63) is 98.9 Å². The molecule has 0 spiro atoms. The number of hydrogen-bond donors (Lipinski definition) is 0. The Morgan fingerprint density at radius 3 is 2.21 bits per heavy atom. The normalized spacial score (nSPS) is 11.3. The second-order valence-corrected chi connectivity index (χ2v) is 5.99. The third-order valence-electron chi connectivity index (χ3n) is 4.21. The summed E-state index contributed by atoms with van der Waals surface area (Å²) in [5.74, 6) is -4.79. The van der Waals surface area contributed by atoms with E-state index in [2.05, 4.69) is 4.85 Å². The van der Waals surface area contributed by atoms with Crippen LogP contribution in [0, 0.1) is 24.0 Å². The Hall–Kier alpha value is -3.54. The number of pyridine rings is 1. The molecule has 1 aromatic heterocycles. The molecule has 0 aliphatic heterocycles. The third kappa shape index (κ3) is 3.74. The summed E-state index contributed by atoms with van der Waals surface area (Å²) >= 11 is 0. The molecule has 3 rings (SSSR count). The fourth-order valence-electron chi connectivity index (χ4n) is 2.82. The van der Waals surface area contributed by atoms with Crippen molar-refractivity contribution in [2.45, 2.75) is 12.7 Å². The molecule has 0 saturated heterocycles. The van der Waals surface area contributed by atoms with Crippen LogP contribution in [-0.2, 0) is 12.7 Å². The van der Waals surface area contributed by atoms with Crippen LogP contribution in [-0.4, -0.2) is 4.57 Å². The average molecular weight is 408 g/mol. The average Bonchev–Trinajstić information content (AvgIpc) is 2.69. The molecule has 0 fully saturated rings. The molecule has 0 N–H and O–H groups in total. The minimum atomic E-state index is -4.98. The number of hydrogen-bond acceptors (Lipinski definition) is 1. The van der Waals surface area contributed by atoms with Crippen LogP contribution in [0.5, 0.6) is 0 Å². The van der Waals surface area contributed by atoms with Crippen LogP contribution in [0.2, 0.25) is 0 Å². The Labute approximate surface area is 160 Å². The topological polar surface area (TPSA) is 26.4 Å². The Kier molecular flexibility index (Phi) is 5.20. The first-order valence-corrected chi connectivity index (χ1v) is 8.05. The monoisotopic (exact) mass is 408 g/mol. The zero-order valence-corrected chi connectivity index (χ0v) is 14.4. The molecule has 0 amide bonds. The van der Waals surface area contributed by atoms with Gasteiger partial charge in [0.2, 0.25) is 0 Å². The summed E-state index contributed by atoms with van der Waals surface area (Å²) in [5.41, 5.74) is -4.47. The van der Waals surface area contributed by atoms with E-state index < -0.39 is 52.5 Å². The van der Waals surface area contributed by atoms with Crippen LogP contribution in [0.4, 0.5) is 32.0 Å². The zero-order chi connectivity index (χ0) is 21.3. The van der Waals surface area contributed by atoms with Crippen molar-refractivity contribution in [2.75, 3.05) is 0 Å². The maximum atomic E-state index is 14.1. The molecular formula is C20H10F6N2O. The Bertz CT molecular complexity index is 1180. The van der Waals surface area contributed by atoms with Crippen molar-refractivity contribution in [3.8, 4) is 11.3 Å². The number of nitrogens with zero attached hydrogens (tertiary/aromatic N) is 2. The molecule has 1 heterocycles. The van der Waals surface area contributed by atoms with E-state index in [-0.39, 0.29) is 11.3 Å². The van der Waals surface area contributed by atoms with Crippen LogP contribution in [0.25, 0.3) is 16.1 Å². The standard InChI is InChI=1S/C20H10F6N2O/c1-27-18-13(20(24,25)26)9-15(11-5-3-2-4-6-11)28(19(18)29)10-12-7-8-14(21)17(23)16(12)22/h2-9H,10H2. The van der Waals surface area contributed by atoms with Crippen LogP contribution < -0.4 is 5.56 Å². The highest BCUT2D eigenvalue weighted by molar-refractivity contribution is 5.66. The lowest BCUT2D eigenvalue weighted by molar-refractivity contribution is -0.136. The fraction of sp³-hybridized carbons (Fsp3) is 0.100. The summed E-state index contributed by atoms with van der Waals surface area (Å²) in [7, 11) is 0. The van der Waals surface area contributed by atoms with E-state index in [9.17, 15) is 31.1 Å². The molecular weight excluding hydrogens is 398 g/mol. The fourth-order valence-corrected chi connectivity index (χ4v) is 2.82. The molecule has 29 heavy (non-hydrogen) atoms.